The molecular formula is C13H20ClNaO3. The summed E-state index contributed by atoms with van der Waals surface area (Å²) >= 11 is 5.75. The molecule has 18 heavy (non-hydrogen) atoms. The van der Waals surface area contributed by atoms with Crippen molar-refractivity contribution in [3.05, 3.63) is 34.9 Å². The van der Waals surface area contributed by atoms with E-state index in [-0.39, 0.29) is 48.5 Å². The van der Waals surface area contributed by atoms with Gasteiger partial charge in [-0.05, 0) is 30.0 Å². The molecule has 3 nitrogen and oxygen atoms in total. The zero-order valence-electron chi connectivity index (χ0n) is 9.88. The Labute approximate surface area is 135 Å². The van der Waals surface area contributed by atoms with E-state index in [1.165, 1.54) is 0 Å². The van der Waals surface area contributed by atoms with E-state index in [1.54, 1.807) is 24.3 Å². The molecule has 1 aromatic carbocycles. The molecule has 0 fully saturated rings. The summed E-state index contributed by atoms with van der Waals surface area (Å²) in [5.74, 6) is -0.0260. The topological polar surface area (TPSA) is 60.7 Å². The van der Waals surface area contributed by atoms with Crippen molar-refractivity contribution in [2.75, 3.05) is 6.61 Å². The summed E-state index contributed by atoms with van der Waals surface area (Å²) in [6.07, 6.45) is -0.520. The zero-order valence-corrected chi connectivity index (χ0v) is 10.6. The van der Waals surface area contributed by atoms with E-state index in [0.29, 0.717) is 11.4 Å². The number of halogens is 1. The van der Waals surface area contributed by atoms with Crippen molar-refractivity contribution in [2.24, 2.45) is 5.92 Å². The van der Waals surface area contributed by atoms with Crippen LogP contribution in [0.4, 0.5) is 0 Å². The van der Waals surface area contributed by atoms with Crippen LogP contribution in [0.1, 0.15) is 31.4 Å². The van der Waals surface area contributed by atoms with E-state index < -0.39 is 12.2 Å². The van der Waals surface area contributed by atoms with E-state index in [9.17, 15) is 10.2 Å². The molecule has 0 aromatic heterocycles. The Morgan fingerprint density at radius 3 is 2.22 bits per heavy atom. The first-order chi connectivity index (χ1) is 8.04. The van der Waals surface area contributed by atoms with Gasteiger partial charge in [-0.1, -0.05) is 30.7 Å². The van der Waals surface area contributed by atoms with E-state index in [1.807, 2.05) is 6.92 Å². The second-order valence-electron chi connectivity index (χ2n) is 4.36. The minimum absolute atomic E-state index is 0. The molecule has 3 N–H and O–H groups in total. The van der Waals surface area contributed by atoms with E-state index in [0.717, 1.165) is 5.56 Å². The molecular weight excluding hydrogens is 263 g/mol. The maximum atomic E-state index is 9.93. The molecule has 1 aromatic rings. The van der Waals surface area contributed by atoms with Crippen molar-refractivity contribution in [1.29, 1.82) is 0 Å². The van der Waals surface area contributed by atoms with Gasteiger partial charge in [-0.15, -0.1) is 0 Å². The van der Waals surface area contributed by atoms with Crippen LogP contribution < -0.4 is 0 Å². The number of aliphatic hydroxyl groups excluding tert-OH is 3. The van der Waals surface area contributed by atoms with Crippen LogP contribution in [0, 0.1) is 5.92 Å². The summed E-state index contributed by atoms with van der Waals surface area (Å²) in [6, 6.07) is 6.92. The third-order valence-corrected chi connectivity index (χ3v) is 3.21. The second kappa shape index (κ2) is 9.32. The number of aliphatic hydroxyl groups is 3. The van der Waals surface area contributed by atoms with Crippen molar-refractivity contribution >= 4 is 41.2 Å². The summed E-state index contributed by atoms with van der Waals surface area (Å²) in [5, 5.41) is 29.2. The third-order valence-electron chi connectivity index (χ3n) is 2.96. The van der Waals surface area contributed by atoms with Crippen LogP contribution in [0.3, 0.4) is 0 Å². The number of hydrogen-bond acceptors (Lipinski definition) is 3. The summed E-state index contributed by atoms with van der Waals surface area (Å²) in [7, 11) is 0. The molecule has 0 bridgehead atoms. The predicted octanol–water partition coefficient (Wildman–Crippen LogP) is 1.49. The normalized spacial score (nSPS) is 15.6. The molecule has 3 atom stereocenters. The molecule has 0 amide bonds. The molecule has 1 rings (SSSR count). The fourth-order valence-corrected chi connectivity index (χ4v) is 1.80. The molecule has 0 saturated heterocycles. The van der Waals surface area contributed by atoms with Crippen molar-refractivity contribution in [3.63, 3.8) is 0 Å². The monoisotopic (exact) mass is 282 g/mol. The summed E-state index contributed by atoms with van der Waals surface area (Å²) in [5.41, 5.74) is 0.740. The van der Waals surface area contributed by atoms with Gasteiger partial charge in [-0.3, -0.25) is 0 Å². The van der Waals surface area contributed by atoms with Crippen LogP contribution in [-0.4, -0.2) is 57.6 Å². The van der Waals surface area contributed by atoms with Gasteiger partial charge in [-0.2, -0.15) is 0 Å². The SMILES string of the molecule is CC(CCO)C(O)CC(O)c1ccc(Cl)cc1.[NaH]. The van der Waals surface area contributed by atoms with E-state index in [2.05, 4.69) is 0 Å². The molecule has 0 aliphatic carbocycles. The van der Waals surface area contributed by atoms with Gasteiger partial charge >= 0.3 is 29.6 Å². The van der Waals surface area contributed by atoms with Crippen molar-refractivity contribution in [3.8, 4) is 0 Å². The molecule has 0 spiro atoms. The Morgan fingerprint density at radius 2 is 1.72 bits per heavy atom. The summed E-state index contributed by atoms with van der Waals surface area (Å²) in [6.45, 7) is 1.91. The zero-order chi connectivity index (χ0) is 12.8. The molecule has 0 aliphatic heterocycles. The van der Waals surface area contributed by atoms with Crippen LogP contribution in [-0.2, 0) is 0 Å². The van der Waals surface area contributed by atoms with Crippen molar-refractivity contribution in [2.45, 2.75) is 32.0 Å². The molecule has 0 radical (unpaired) electrons. The predicted molar refractivity (Wildman–Crippen MR) is 75.1 cm³/mol. The van der Waals surface area contributed by atoms with Gasteiger partial charge in [0.05, 0.1) is 12.2 Å². The molecule has 3 unspecified atom stereocenters. The Hall–Kier alpha value is 0.390. The van der Waals surface area contributed by atoms with Crippen LogP contribution in [0.5, 0.6) is 0 Å². The summed E-state index contributed by atoms with van der Waals surface area (Å²) in [4.78, 5) is 0. The fourth-order valence-electron chi connectivity index (χ4n) is 1.68. The van der Waals surface area contributed by atoms with Gasteiger partial charge in [-0.25, -0.2) is 0 Å². The first-order valence-electron chi connectivity index (χ1n) is 5.77. The average molecular weight is 283 g/mol. The second-order valence-corrected chi connectivity index (χ2v) is 4.80. The first kappa shape index (κ1) is 18.4. The minimum atomic E-state index is -0.705. The van der Waals surface area contributed by atoms with Crippen molar-refractivity contribution < 1.29 is 15.3 Å². The number of rotatable bonds is 6. The van der Waals surface area contributed by atoms with E-state index >= 15 is 0 Å². The Kier molecular flexibility index (Phi) is 9.52. The standard InChI is InChI=1S/C13H19ClO3.Na.H/c1-9(6-7-15)12(16)8-13(17)10-2-4-11(14)5-3-10;;/h2-5,9,12-13,15-17H,6-8H2,1H3;;. The quantitative estimate of drug-likeness (QED) is 0.693. The molecule has 0 heterocycles. The van der Waals surface area contributed by atoms with Crippen molar-refractivity contribution in [1.82, 2.24) is 0 Å². The van der Waals surface area contributed by atoms with Gasteiger partial charge in [0.15, 0.2) is 0 Å². The van der Waals surface area contributed by atoms with Gasteiger partial charge < -0.3 is 15.3 Å². The van der Waals surface area contributed by atoms with Crippen LogP contribution in [0.2, 0.25) is 5.02 Å². The van der Waals surface area contributed by atoms with E-state index in [4.69, 9.17) is 16.7 Å². The van der Waals surface area contributed by atoms with Crippen LogP contribution in [0.25, 0.3) is 0 Å². The number of hydrogen-bond donors (Lipinski definition) is 3. The Balaban J connectivity index is 0.00000289. The molecule has 98 valence electrons. The Bertz CT molecular complexity index is 332. The molecule has 0 saturated carbocycles. The van der Waals surface area contributed by atoms with Gasteiger partial charge in [0.2, 0.25) is 0 Å². The van der Waals surface area contributed by atoms with Gasteiger partial charge in [0.25, 0.3) is 0 Å². The Morgan fingerprint density at radius 1 is 1.17 bits per heavy atom. The third kappa shape index (κ3) is 6.02. The average Bonchev–Trinajstić information content (AvgIpc) is 2.30. The first-order valence-corrected chi connectivity index (χ1v) is 6.15. The fraction of sp³-hybridized carbons (Fsp3) is 0.538. The summed E-state index contributed by atoms with van der Waals surface area (Å²) < 4.78 is 0. The van der Waals surface area contributed by atoms with Crippen LogP contribution in [0.15, 0.2) is 24.3 Å². The van der Waals surface area contributed by atoms with Gasteiger partial charge in [0, 0.05) is 18.1 Å². The van der Waals surface area contributed by atoms with Crippen LogP contribution >= 0.6 is 11.6 Å². The van der Waals surface area contributed by atoms with Gasteiger partial charge in [0.1, 0.15) is 0 Å². The number of benzene rings is 1. The maximum absolute atomic E-state index is 9.93. The molecule has 5 heteroatoms. The molecule has 0 aliphatic rings.